The summed E-state index contributed by atoms with van der Waals surface area (Å²) in [7, 11) is 0. The maximum absolute atomic E-state index is 12.4. The summed E-state index contributed by atoms with van der Waals surface area (Å²) < 4.78 is 0. The summed E-state index contributed by atoms with van der Waals surface area (Å²) in [5.74, 6) is -0.00601. The van der Waals surface area contributed by atoms with E-state index in [1.54, 1.807) is 0 Å². The summed E-state index contributed by atoms with van der Waals surface area (Å²) in [6, 6.07) is 7.25. The normalized spacial score (nSPS) is 10.8. The SMILES string of the molecule is CCC(CC)(CN)C(=O)NCc1ccc(NC(=O)NC(C)C)cc1.Cl. The van der Waals surface area contributed by atoms with Crippen LogP contribution in [0.2, 0.25) is 0 Å². The average molecular weight is 371 g/mol. The minimum atomic E-state index is -0.490. The largest absolute Gasteiger partial charge is 0.352 e. The third kappa shape index (κ3) is 6.92. The topological polar surface area (TPSA) is 96.2 Å². The molecule has 1 aromatic carbocycles. The molecule has 0 aliphatic heterocycles. The number of hydrogen-bond donors (Lipinski definition) is 4. The molecular formula is C18H31ClN4O2. The van der Waals surface area contributed by atoms with Crippen LogP contribution in [0.3, 0.4) is 0 Å². The Morgan fingerprint density at radius 1 is 1.12 bits per heavy atom. The van der Waals surface area contributed by atoms with Crippen molar-refractivity contribution in [1.82, 2.24) is 10.6 Å². The van der Waals surface area contributed by atoms with Crippen LogP contribution < -0.4 is 21.7 Å². The Balaban J connectivity index is 0.00000576. The lowest BCUT2D eigenvalue weighted by Gasteiger charge is -2.28. The van der Waals surface area contributed by atoms with Gasteiger partial charge < -0.3 is 21.7 Å². The molecule has 0 spiro atoms. The lowest BCUT2D eigenvalue weighted by molar-refractivity contribution is -0.131. The van der Waals surface area contributed by atoms with E-state index in [1.165, 1.54) is 0 Å². The maximum Gasteiger partial charge on any atom is 0.319 e. The van der Waals surface area contributed by atoms with Crippen molar-refractivity contribution in [2.24, 2.45) is 11.1 Å². The molecule has 0 aromatic heterocycles. The molecule has 0 atom stereocenters. The Morgan fingerprint density at radius 2 is 1.68 bits per heavy atom. The molecule has 0 heterocycles. The van der Waals surface area contributed by atoms with E-state index in [4.69, 9.17) is 5.73 Å². The lowest BCUT2D eigenvalue weighted by Crippen LogP contribution is -2.45. The second-order valence-corrected chi connectivity index (χ2v) is 6.32. The zero-order chi connectivity index (χ0) is 18.2. The fraction of sp³-hybridized carbons (Fsp3) is 0.556. The molecular weight excluding hydrogens is 340 g/mol. The smallest absolute Gasteiger partial charge is 0.319 e. The standard InChI is InChI=1S/C18H30N4O2.ClH/c1-5-18(6-2,12-19)16(23)20-11-14-7-9-15(10-8-14)22-17(24)21-13(3)4;/h7-10,13H,5-6,11-12,19H2,1-4H3,(H,20,23)(H2,21,22,24);1H. The van der Waals surface area contributed by atoms with Gasteiger partial charge in [-0.15, -0.1) is 12.4 Å². The number of nitrogens with one attached hydrogen (secondary N) is 3. The van der Waals surface area contributed by atoms with Crippen molar-refractivity contribution in [3.05, 3.63) is 29.8 Å². The minimum absolute atomic E-state index is 0. The summed E-state index contributed by atoms with van der Waals surface area (Å²) in [5.41, 5.74) is 6.98. The number of hydrogen-bond acceptors (Lipinski definition) is 3. The summed E-state index contributed by atoms with van der Waals surface area (Å²) >= 11 is 0. The van der Waals surface area contributed by atoms with Crippen LogP contribution in [-0.2, 0) is 11.3 Å². The number of amides is 3. The first-order valence-electron chi connectivity index (χ1n) is 8.51. The van der Waals surface area contributed by atoms with Crippen LogP contribution in [0, 0.1) is 5.41 Å². The Labute approximate surface area is 156 Å². The molecule has 6 nitrogen and oxygen atoms in total. The van der Waals surface area contributed by atoms with E-state index in [1.807, 2.05) is 52.0 Å². The molecule has 7 heteroatoms. The Kier molecular flexibility index (Phi) is 10.2. The molecule has 142 valence electrons. The van der Waals surface area contributed by atoms with Crippen molar-refractivity contribution >= 4 is 30.0 Å². The highest BCUT2D eigenvalue weighted by atomic mass is 35.5. The third-order valence-corrected chi connectivity index (χ3v) is 4.31. The van der Waals surface area contributed by atoms with Gasteiger partial charge in [-0.05, 0) is 44.4 Å². The Morgan fingerprint density at radius 3 is 2.12 bits per heavy atom. The second-order valence-electron chi connectivity index (χ2n) is 6.32. The Hall–Kier alpha value is -1.79. The highest BCUT2D eigenvalue weighted by Gasteiger charge is 2.32. The predicted molar refractivity (Wildman–Crippen MR) is 105 cm³/mol. The molecule has 1 rings (SSSR count). The van der Waals surface area contributed by atoms with Crippen LogP contribution >= 0.6 is 12.4 Å². The van der Waals surface area contributed by atoms with E-state index in [-0.39, 0.29) is 30.4 Å². The third-order valence-electron chi connectivity index (χ3n) is 4.31. The van der Waals surface area contributed by atoms with Crippen molar-refractivity contribution in [2.45, 2.75) is 53.1 Å². The van der Waals surface area contributed by atoms with Gasteiger partial charge in [0.2, 0.25) is 5.91 Å². The molecule has 25 heavy (non-hydrogen) atoms. The predicted octanol–water partition coefficient (Wildman–Crippen LogP) is 3.02. The van der Waals surface area contributed by atoms with E-state index in [2.05, 4.69) is 16.0 Å². The van der Waals surface area contributed by atoms with Crippen molar-refractivity contribution < 1.29 is 9.59 Å². The van der Waals surface area contributed by atoms with Crippen LogP contribution in [0.15, 0.2) is 24.3 Å². The molecule has 0 saturated carbocycles. The van der Waals surface area contributed by atoms with Gasteiger partial charge in [-0.2, -0.15) is 0 Å². The van der Waals surface area contributed by atoms with Gasteiger partial charge in [0.1, 0.15) is 0 Å². The summed E-state index contributed by atoms with van der Waals surface area (Å²) in [6.45, 7) is 8.56. The number of nitrogens with two attached hydrogens (primary N) is 1. The quantitative estimate of drug-likeness (QED) is 0.566. The Bertz CT molecular complexity index is 534. The number of halogens is 1. The molecule has 0 aliphatic carbocycles. The van der Waals surface area contributed by atoms with E-state index >= 15 is 0 Å². The number of rotatable bonds is 8. The minimum Gasteiger partial charge on any atom is -0.352 e. The molecule has 5 N–H and O–H groups in total. The first-order chi connectivity index (χ1) is 11.4. The molecule has 0 saturated heterocycles. The molecule has 0 radical (unpaired) electrons. The highest BCUT2D eigenvalue weighted by molar-refractivity contribution is 5.89. The fourth-order valence-corrected chi connectivity index (χ4v) is 2.46. The van der Waals surface area contributed by atoms with E-state index < -0.39 is 5.41 Å². The van der Waals surface area contributed by atoms with E-state index in [0.717, 1.165) is 18.4 Å². The maximum atomic E-state index is 12.4. The van der Waals surface area contributed by atoms with Crippen molar-refractivity contribution in [2.75, 3.05) is 11.9 Å². The van der Waals surface area contributed by atoms with Crippen molar-refractivity contribution in [3.63, 3.8) is 0 Å². The monoisotopic (exact) mass is 370 g/mol. The average Bonchev–Trinajstić information content (AvgIpc) is 2.55. The fourth-order valence-electron chi connectivity index (χ4n) is 2.46. The van der Waals surface area contributed by atoms with E-state index in [0.29, 0.717) is 18.8 Å². The molecule has 0 unspecified atom stereocenters. The van der Waals surface area contributed by atoms with Crippen molar-refractivity contribution in [3.8, 4) is 0 Å². The van der Waals surface area contributed by atoms with Gasteiger partial charge >= 0.3 is 6.03 Å². The highest BCUT2D eigenvalue weighted by Crippen LogP contribution is 2.25. The van der Waals surface area contributed by atoms with Gasteiger partial charge in [0.15, 0.2) is 0 Å². The van der Waals surface area contributed by atoms with Gasteiger partial charge in [0.25, 0.3) is 0 Å². The molecule has 0 aliphatic rings. The van der Waals surface area contributed by atoms with Crippen LogP contribution in [0.5, 0.6) is 0 Å². The number of carbonyl (C=O) groups excluding carboxylic acids is 2. The van der Waals surface area contributed by atoms with Gasteiger partial charge in [0.05, 0.1) is 5.41 Å². The van der Waals surface area contributed by atoms with E-state index in [9.17, 15) is 9.59 Å². The molecule has 0 bridgehead atoms. The van der Waals surface area contributed by atoms with Crippen LogP contribution in [0.25, 0.3) is 0 Å². The second kappa shape index (κ2) is 10.9. The number of urea groups is 1. The molecule has 0 fully saturated rings. The molecule has 1 aromatic rings. The number of anilines is 1. The van der Waals surface area contributed by atoms with Gasteiger partial charge in [-0.25, -0.2) is 4.79 Å². The number of carbonyl (C=O) groups is 2. The zero-order valence-electron chi connectivity index (χ0n) is 15.5. The van der Waals surface area contributed by atoms with Gasteiger partial charge in [-0.3, -0.25) is 4.79 Å². The summed E-state index contributed by atoms with van der Waals surface area (Å²) in [5, 5.41) is 8.49. The molecule has 3 amide bonds. The van der Waals surface area contributed by atoms with Crippen molar-refractivity contribution in [1.29, 1.82) is 0 Å². The number of benzene rings is 1. The van der Waals surface area contributed by atoms with Crippen LogP contribution in [-0.4, -0.2) is 24.5 Å². The van der Waals surface area contributed by atoms with Crippen LogP contribution in [0.1, 0.15) is 46.1 Å². The van der Waals surface area contributed by atoms with Gasteiger partial charge in [-0.1, -0.05) is 26.0 Å². The lowest BCUT2D eigenvalue weighted by atomic mass is 9.81. The summed E-state index contributed by atoms with van der Waals surface area (Å²) in [4.78, 5) is 24.0. The van der Waals surface area contributed by atoms with Gasteiger partial charge in [0, 0.05) is 24.8 Å². The zero-order valence-corrected chi connectivity index (χ0v) is 16.3. The van der Waals surface area contributed by atoms with Crippen LogP contribution in [0.4, 0.5) is 10.5 Å². The summed E-state index contributed by atoms with van der Waals surface area (Å²) in [6.07, 6.45) is 1.44. The first kappa shape index (κ1) is 23.2. The first-order valence-corrected chi connectivity index (χ1v) is 8.51.